The SMILES string of the molecule is Cc1ccc(-c2ccc3c(c2)O[C@@H](CN(C)C(=O)C2CC2)[C@@H](C)CN([C@H](C)CO)S3(=O)=O)cc1. The van der Waals surface area contributed by atoms with Gasteiger partial charge in [0.1, 0.15) is 16.7 Å². The zero-order valence-electron chi connectivity index (χ0n) is 20.3. The van der Waals surface area contributed by atoms with Crippen LogP contribution in [0.2, 0.25) is 0 Å². The number of likely N-dealkylation sites (N-methyl/N-ethyl adjacent to an activating group) is 1. The lowest BCUT2D eigenvalue weighted by Gasteiger charge is -2.37. The summed E-state index contributed by atoms with van der Waals surface area (Å²) < 4.78 is 35.0. The van der Waals surface area contributed by atoms with Gasteiger partial charge in [-0.05, 0) is 49.9 Å². The second-order valence-corrected chi connectivity index (χ2v) is 11.6. The van der Waals surface area contributed by atoms with Crippen molar-refractivity contribution in [3.05, 3.63) is 48.0 Å². The van der Waals surface area contributed by atoms with Gasteiger partial charge >= 0.3 is 0 Å². The Bertz CT molecular complexity index is 1140. The average molecular weight is 487 g/mol. The number of ether oxygens (including phenoxy) is 1. The van der Waals surface area contributed by atoms with E-state index in [0.29, 0.717) is 6.54 Å². The lowest BCUT2D eigenvalue weighted by atomic mass is 10.0. The highest BCUT2D eigenvalue weighted by Gasteiger charge is 2.39. The van der Waals surface area contributed by atoms with Gasteiger partial charge in [-0.1, -0.05) is 42.8 Å². The maximum absolute atomic E-state index is 13.6. The van der Waals surface area contributed by atoms with Crippen molar-refractivity contribution in [3.8, 4) is 16.9 Å². The summed E-state index contributed by atoms with van der Waals surface area (Å²) in [4.78, 5) is 14.4. The monoisotopic (exact) mass is 486 g/mol. The van der Waals surface area contributed by atoms with Crippen LogP contribution in [0.3, 0.4) is 0 Å². The Balaban J connectivity index is 1.76. The molecule has 34 heavy (non-hydrogen) atoms. The van der Waals surface area contributed by atoms with Crippen molar-refractivity contribution in [2.24, 2.45) is 11.8 Å². The first kappa shape index (κ1) is 24.7. The molecule has 1 fully saturated rings. The Morgan fingerprint density at radius 1 is 1.18 bits per heavy atom. The molecule has 7 nitrogen and oxygen atoms in total. The van der Waals surface area contributed by atoms with Crippen molar-refractivity contribution >= 4 is 15.9 Å². The summed E-state index contributed by atoms with van der Waals surface area (Å²) in [5, 5.41) is 9.79. The molecule has 184 valence electrons. The van der Waals surface area contributed by atoms with Crippen molar-refractivity contribution in [1.82, 2.24) is 9.21 Å². The van der Waals surface area contributed by atoms with Gasteiger partial charge in [0.25, 0.3) is 0 Å². The van der Waals surface area contributed by atoms with Crippen LogP contribution < -0.4 is 4.74 Å². The van der Waals surface area contributed by atoms with Gasteiger partial charge in [-0.25, -0.2) is 8.42 Å². The smallest absolute Gasteiger partial charge is 0.247 e. The fourth-order valence-electron chi connectivity index (χ4n) is 4.37. The third kappa shape index (κ3) is 4.99. The highest BCUT2D eigenvalue weighted by atomic mass is 32.2. The summed E-state index contributed by atoms with van der Waals surface area (Å²) in [6, 6.07) is 12.6. The Hall–Kier alpha value is -2.42. The van der Waals surface area contributed by atoms with Gasteiger partial charge in [0.2, 0.25) is 15.9 Å². The summed E-state index contributed by atoms with van der Waals surface area (Å²) >= 11 is 0. The Labute approximate surface area is 202 Å². The van der Waals surface area contributed by atoms with Crippen LogP contribution in [-0.4, -0.2) is 67.5 Å². The fraction of sp³-hybridized carbons (Fsp3) is 0.500. The Morgan fingerprint density at radius 3 is 2.44 bits per heavy atom. The van der Waals surface area contributed by atoms with Gasteiger partial charge in [-0.2, -0.15) is 4.31 Å². The number of sulfonamides is 1. The van der Waals surface area contributed by atoms with E-state index in [2.05, 4.69) is 0 Å². The normalized spacial score (nSPS) is 23.2. The zero-order valence-corrected chi connectivity index (χ0v) is 21.1. The van der Waals surface area contributed by atoms with Crippen LogP contribution in [0.4, 0.5) is 0 Å². The van der Waals surface area contributed by atoms with Crippen LogP contribution in [0, 0.1) is 18.8 Å². The van der Waals surface area contributed by atoms with E-state index < -0.39 is 22.2 Å². The number of carbonyl (C=O) groups is 1. The van der Waals surface area contributed by atoms with E-state index in [4.69, 9.17) is 4.74 Å². The molecule has 2 aromatic carbocycles. The molecule has 1 saturated carbocycles. The van der Waals surface area contributed by atoms with Gasteiger partial charge in [0.15, 0.2) is 0 Å². The fourth-order valence-corrected chi connectivity index (χ4v) is 6.20. The number of hydrogen-bond acceptors (Lipinski definition) is 5. The minimum absolute atomic E-state index is 0.0803. The summed E-state index contributed by atoms with van der Waals surface area (Å²) in [6.07, 6.45) is 1.45. The predicted molar refractivity (Wildman–Crippen MR) is 131 cm³/mol. The molecule has 2 aliphatic rings. The van der Waals surface area contributed by atoms with E-state index in [9.17, 15) is 18.3 Å². The van der Waals surface area contributed by atoms with Crippen molar-refractivity contribution in [1.29, 1.82) is 0 Å². The van der Waals surface area contributed by atoms with E-state index in [1.54, 1.807) is 37.1 Å². The molecule has 1 amide bonds. The second kappa shape index (κ2) is 9.68. The van der Waals surface area contributed by atoms with Crippen molar-refractivity contribution in [2.75, 3.05) is 26.7 Å². The minimum atomic E-state index is -3.90. The molecule has 1 aliphatic carbocycles. The molecule has 0 radical (unpaired) electrons. The van der Waals surface area contributed by atoms with E-state index in [1.165, 1.54) is 4.31 Å². The van der Waals surface area contributed by atoms with Crippen LogP contribution in [0.15, 0.2) is 47.4 Å². The molecule has 3 atom stereocenters. The molecule has 8 heteroatoms. The molecule has 1 N–H and O–H groups in total. The molecule has 2 aromatic rings. The molecule has 0 unspecified atom stereocenters. The van der Waals surface area contributed by atoms with Crippen LogP contribution in [0.5, 0.6) is 5.75 Å². The van der Waals surface area contributed by atoms with E-state index in [1.807, 2.05) is 38.1 Å². The highest BCUT2D eigenvalue weighted by Crippen LogP contribution is 2.37. The molecule has 1 aliphatic heterocycles. The number of aliphatic hydroxyl groups excluding tert-OH is 1. The first-order valence-electron chi connectivity index (χ1n) is 11.9. The number of hydrogen-bond donors (Lipinski definition) is 1. The van der Waals surface area contributed by atoms with E-state index in [0.717, 1.165) is 29.5 Å². The van der Waals surface area contributed by atoms with Crippen LogP contribution in [0.25, 0.3) is 11.1 Å². The van der Waals surface area contributed by atoms with Crippen LogP contribution >= 0.6 is 0 Å². The second-order valence-electron chi connectivity index (χ2n) is 9.76. The third-order valence-corrected chi connectivity index (χ3v) is 8.83. The van der Waals surface area contributed by atoms with E-state index in [-0.39, 0.29) is 41.5 Å². The molecule has 0 aromatic heterocycles. The number of amides is 1. The lowest BCUT2D eigenvalue weighted by molar-refractivity contribution is -0.132. The first-order chi connectivity index (χ1) is 16.1. The number of carbonyl (C=O) groups excluding carboxylic acids is 1. The zero-order chi connectivity index (χ0) is 24.6. The van der Waals surface area contributed by atoms with Crippen LogP contribution in [-0.2, 0) is 14.8 Å². The first-order valence-corrected chi connectivity index (χ1v) is 13.3. The quantitative estimate of drug-likeness (QED) is 0.677. The van der Waals surface area contributed by atoms with Gasteiger partial charge in [-0.15, -0.1) is 0 Å². The van der Waals surface area contributed by atoms with Crippen molar-refractivity contribution in [3.63, 3.8) is 0 Å². The molecule has 0 saturated heterocycles. The lowest BCUT2D eigenvalue weighted by Crippen LogP contribution is -2.50. The van der Waals surface area contributed by atoms with Crippen molar-refractivity contribution in [2.45, 2.75) is 50.7 Å². The van der Waals surface area contributed by atoms with Gasteiger partial charge in [-0.3, -0.25) is 4.79 Å². The maximum Gasteiger partial charge on any atom is 0.247 e. The largest absolute Gasteiger partial charge is 0.487 e. The molecular formula is C26H34N2O5S. The van der Waals surface area contributed by atoms with Crippen molar-refractivity contribution < 1.29 is 23.1 Å². The summed E-state index contributed by atoms with van der Waals surface area (Å²) in [5.74, 6) is 0.284. The number of aliphatic hydroxyl groups is 1. The Morgan fingerprint density at radius 2 is 1.82 bits per heavy atom. The predicted octanol–water partition coefficient (Wildman–Crippen LogP) is 3.30. The van der Waals surface area contributed by atoms with Crippen LogP contribution in [0.1, 0.15) is 32.3 Å². The molecular weight excluding hydrogens is 452 g/mol. The topological polar surface area (TPSA) is 87.2 Å². The van der Waals surface area contributed by atoms with Gasteiger partial charge in [0.05, 0.1) is 13.2 Å². The average Bonchev–Trinajstić information content (AvgIpc) is 3.66. The molecule has 0 bridgehead atoms. The third-order valence-electron chi connectivity index (χ3n) is 6.81. The molecule has 4 rings (SSSR count). The highest BCUT2D eigenvalue weighted by molar-refractivity contribution is 7.89. The number of rotatable bonds is 6. The molecule has 1 heterocycles. The molecule has 0 spiro atoms. The minimum Gasteiger partial charge on any atom is -0.487 e. The number of aryl methyl sites for hydroxylation is 1. The summed E-state index contributed by atoms with van der Waals surface area (Å²) in [5.41, 5.74) is 2.95. The summed E-state index contributed by atoms with van der Waals surface area (Å²) in [6.45, 7) is 5.93. The van der Waals surface area contributed by atoms with Gasteiger partial charge < -0.3 is 14.7 Å². The standard InChI is InChI=1S/C26H34N2O5S/c1-17-5-7-20(8-6-17)22-11-12-25-23(13-22)33-24(15-27(4)26(30)21-9-10-21)18(2)14-28(19(3)16-29)34(25,31)32/h5-8,11-13,18-19,21,24,29H,9-10,14-16H2,1-4H3/t18-,19+,24-/m0/s1. The van der Waals surface area contributed by atoms with E-state index >= 15 is 0 Å². The Kier molecular flexibility index (Phi) is 7.03. The number of benzene rings is 2. The number of fused-ring (bicyclic) bond motifs is 1. The maximum atomic E-state index is 13.6. The number of nitrogens with zero attached hydrogens (tertiary/aromatic N) is 2. The van der Waals surface area contributed by atoms with Gasteiger partial charge in [0, 0.05) is 31.5 Å². The summed E-state index contributed by atoms with van der Waals surface area (Å²) in [7, 11) is -2.11.